The average molecular weight is 339 g/mol. The van der Waals surface area contributed by atoms with E-state index in [0.717, 1.165) is 17.0 Å². The molecule has 0 bridgehead atoms. The van der Waals surface area contributed by atoms with E-state index in [2.05, 4.69) is 35.8 Å². The van der Waals surface area contributed by atoms with Gasteiger partial charge in [0.15, 0.2) is 5.11 Å². The van der Waals surface area contributed by atoms with E-state index in [9.17, 15) is 0 Å². The van der Waals surface area contributed by atoms with Gasteiger partial charge >= 0.3 is 0 Å². The highest BCUT2D eigenvalue weighted by molar-refractivity contribution is 7.80. The summed E-state index contributed by atoms with van der Waals surface area (Å²) in [7, 11) is 1.65. The third kappa shape index (κ3) is 4.93. The molecule has 2 rings (SSSR count). The molecule has 0 aliphatic heterocycles. The molecule has 2 aromatic carbocycles. The average Bonchev–Trinajstić information content (AvgIpc) is 2.59. The van der Waals surface area contributed by atoms with Crippen LogP contribution < -0.4 is 15.5 Å². The molecule has 0 aromatic heterocycles. The standard InChI is InChI=1S/C19H21N3OS/c1-14-8-6-11-17(15(14)2)21-19(24)22-20-13-7-10-16-9-4-5-12-18(16)23-3/h4-13H,1-3H3,(H2,21,22,24)/b10-7+,20-13-. The zero-order valence-corrected chi connectivity index (χ0v) is 14.9. The fourth-order valence-electron chi connectivity index (χ4n) is 2.13. The van der Waals surface area contributed by atoms with Gasteiger partial charge in [0, 0.05) is 17.5 Å². The van der Waals surface area contributed by atoms with Gasteiger partial charge in [0.05, 0.1) is 7.11 Å². The molecule has 0 saturated heterocycles. The summed E-state index contributed by atoms with van der Waals surface area (Å²) in [5.41, 5.74) is 7.15. The molecule has 24 heavy (non-hydrogen) atoms. The Morgan fingerprint density at radius 1 is 1.12 bits per heavy atom. The van der Waals surface area contributed by atoms with E-state index in [0.29, 0.717) is 5.11 Å². The molecule has 4 nitrogen and oxygen atoms in total. The number of allylic oxidation sites excluding steroid dienone is 1. The van der Waals surface area contributed by atoms with E-state index in [4.69, 9.17) is 17.0 Å². The normalized spacial score (nSPS) is 11.0. The molecule has 0 saturated carbocycles. The largest absolute Gasteiger partial charge is 0.496 e. The van der Waals surface area contributed by atoms with Crippen LogP contribution in [0.25, 0.3) is 6.08 Å². The van der Waals surface area contributed by atoms with Crippen molar-refractivity contribution in [1.29, 1.82) is 0 Å². The maximum Gasteiger partial charge on any atom is 0.191 e. The molecule has 0 spiro atoms. The van der Waals surface area contributed by atoms with Crippen molar-refractivity contribution in [2.45, 2.75) is 13.8 Å². The van der Waals surface area contributed by atoms with Crippen molar-refractivity contribution < 1.29 is 4.74 Å². The lowest BCUT2D eigenvalue weighted by atomic mass is 10.1. The molecule has 2 N–H and O–H groups in total. The number of ether oxygens (including phenoxy) is 1. The van der Waals surface area contributed by atoms with Crippen LogP contribution in [0.2, 0.25) is 0 Å². The molecule has 0 unspecified atom stereocenters. The van der Waals surface area contributed by atoms with Crippen LogP contribution in [0.3, 0.4) is 0 Å². The topological polar surface area (TPSA) is 45.6 Å². The van der Waals surface area contributed by atoms with Gasteiger partial charge in [-0.2, -0.15) is 5.10 Å². The Bertz CT molecular complexity index is 769. The Balaban J connectivity index is 1.88. The van der Waals surface area contributed by atoms with Crippen molar-refractivity contribution in [3.05, 3.63) is 65.2 Å². The van der Waals surface area contributed by atoms with Gasteiger partial charge in [0.1, 0.15) is 5.75 Å². The number of benzene rings is 2. The predicted molar refractivity (Wildman–Crippen MR) is 106 cm³/mol. The number of nitrogens with zero attached hydrogens (tertiary/aromatic N) is 1. The smallest absolute Gasteiger partial charge is 0.191 e. The van der Waals surface area contributed by atoms with Gasteiger partial charge in [-0.25, -0.2) is 0 Å². The molecule has 0 aliphatic carbocycles. The van der Waals surface area contributed by atoms with Crippen LogP contribution in [0.5, 0.6) is 5.75 Å². The molecule has 0 fully saturated rings. The zero-order valence-electron chi connectivity index (χ0n) is 14.0. The Hall–Kier alpha value is -2.66. The molecular weight excluding hydrogens is 318 g/mol. The summed E-state index contributed by atoms with van der Waals surface area (Å²) in [6.45, 7) is 4.12. The van der Waals surface area contributed by atoms with Gasteiger partial charge in [0.2, 0.25) is 0 Å². The number of hydrogen-bond acceptors (Lipinski definition) is 3. The Morgan fingerprint density at radius 3 is 2.71 bits per heavy atom. The number of rotatable bonds is 5. The number of anilines is 1. The second-order valence-corrected chi connectivity index (χ2v) is 5.60. The highest BCUT2D eigenvalue weighted by atomic mass is 32.1. The van der Waals surface area contributed by atoms with Crippen molar-refractivity contribution in [1.82, 2.24) is 5.43 Å². The van der Waals surface area contributed by atoms with Gasteiger partial charge in [0.25, 0.3) is 0 Å². The molecule has 0 atom stereocenters. The molecule has 2 aromatic rings. The van der Waals surface area contributed by atoms with Crippen LogP contribution in [0.15, 0.2) is 53.6 Å². The van der Waals surface area contributed by atoms with Crippen LogP contribution >= 0.6 is 12.2 Å². The molecule has 124 valence electrons. The maximum atomic E-state index is 5.29. The molecule has 0 aliphatic rings. The lowest BCUT2D eigenvalue weighted by molar-refractivity contribution is 0.414. The first-order valence-corrected chi connectivity index (χ1v) is 7.98. The number of aryl methyl sites for hydroxylation is 1. The lowest BCUT2D eigenvalue weighted by Gasteiger charge is -2.11. The van der Waals surface area contributed by atoms with Gasteiger partial charge in [-0.05, 0) is 61.5 Å². The van der Waals surface area contributed by atoms with Gasteiger partial charge < -0.3 is 10.1 Å². The minimum atomic E-state index is 0.450. The van der Waals surface area contributed by atoms with Crippen LogP contribution in [-0.4, -0.2) is 18.4 Å². The maximum absolute atomic E-state index is 5.29. The van der Waals surface area contributed by atoms with Gasteiger partial charge in [-0.15, -0.1) is 0 Å². The van der Waals surface area contributed by atoms with Crippen LogP contribution in [0, 0.1) is 13.8 Å². The lowest BCUT2D eigenvalue weighted by Crippen LogP contribution is -2.24. The summed E-state index contributed by atoms with van der Waals surface area (Å²) in [5.74, 6) is 0.821. The van der Waals surface area contributed by atoms with Gasteiger partial charge in [-0.1, -0.05) is 30.3 Å². The van der Waals surface area contributed by atoms with Crippen molar-refractivity contribution >= 4 is 35.3 Å². The molecular formula is C19H21N3OS. The van der Waals surface area contributed by atoms with Crippen molar-refractivity contribution in [3.8, 4) is 5.75 Å². The summed E-state index contributed by atoms with van der Waals surface area (Å²) in [6, 6.07) is 13.8. The first-order chi connectivity index (χ1) is 11.6. The Labute approximate surface area is 148 Å². The van der Waals surface area contributed by atoms with E-state index < -0.39 is 0 Å². The molecule has 5 heteroatoms. The number of methoxy groups -OCH3 is 1. The number of hydrogen-bond donors (Lipinski definition) is 2. The first kappa shape index (κ1) is 17.7. The second kappa shape index (κ2) is 8.84. The highest BCUT2D eigenvalue weighted by Crippen LogP contribution is 2.18. The second-order valence-electron chi connectivity index (χ2n) is 5.19. The van der Waals surface area contributed by atoms with Crippen LogP contribution in [-0.2, 0) is 0 Å². The summed E-state index contributed by atoms with van der Waals surface area (Å²) in [5, 5.41) is 7.67. The van der Waals surface area contributed by atoms with Crippen molar-refractivity contribution in [3.63, 3.8) is 0 Å². The monoisotopic (exact) mass is 339 g/mol. The van der Waals surface area contributed by atoms with E-state index >= 15 is 0 Å². The van der Waals surface area contributed by atoms with Crippen molar-refractivity contribution in [2.24, 2.45) is 5.10 Å². The zero-order chi connectivity index (χ0) is 17.4. The third-order valence-corrected chi connectivity index (χ3v) is 3.79. The summed E-state index contributed by atoms with van der Waals surface area (Å²) in [4.78, 5) is 0. The SMILES string of the molecule is COc1ccccc1/C=C/C=N\NC(=S)Nc1cccc(C)c1C. The highest BCUT2D eigenvalue weighted by Gasteiger charge is 2.01. The quantitative estimate of drug-likeness (QED) is 0.484. The number of thiocarbonyl (C=S) groups is 1. The minimum absolute atomic E-state index is 0.450. The van der Waals surface area contributed by atoms with E-state index in [1.165, 1.54) is 11.1 Å². The first-order valence-electron chi connectivity index (χ1n) is 7.58. The molecule has 0 heterocycles. The predicted octanol–water partition coefficient (Wildman–Crippen LogP) is 4.30. The minimum Gasteiger partial charge on any atom is -0.496 e. The summed E-state index contributed by atoms with van der Waals surface area (Å²) >= 11 is 5.24. The van der Waals surface area contributed by atoms with E-state index in [1.807, 2.05) is 48.6 Å². The van der Waals surface area contributed by atoms with Gasteiger partial charge in [-0.3, -0.25) is 5.43 Å². The van der Waals surface area contributed by atoms with Crippen LogP contribution in [0.1, 0.15) is 16.7 Å². The Morgan fingerprint density at radius 2 is 1.92 bits per heavy atom. The third-order valence-electron chi connectivity index (χ3n) is 3.59. The number of hydrazone groups is 1. The number of para-hydroxylation sites is 1. The van der Waals surface area contributed by atoms with Crippen LogP contribution in [0.4, 0.5) is 5.69 Å². The summed E-state index contributed by atoms with van der Waals surface area (Å²) in [6.07, 6.45) is 5.39. The molecule has 0 radical (unpaired) electrons. The summed E-state index contributed by atoms with van der Waals surface area (Å²) < 4.78 is 5.29. The van der Waals surface area contributed by atoms with E-state index in [-0.39, 0.29) is 0 Å². The Kier molecular flexibility index (Phi) is 6.51. The fraction of sp³-hybridized carbons (Fsp3) is 0.158. The number of nitrogens with one attached hydrogen (secondary N) is 2. The molecule has 0 amide bonds. The fourth-order valence-corrected chi connectivity index (χ4v) is 2.29. The van der Waals surface area contributed by atoms with E-state index in [1.54, 1.807) is 13.3 Å². The van der Waals surface area contributed by atoms with Crippen molar-refractivity contribution in [2.75, 3.05) is 12.4 Å².